The Labute approximate surface area is 178 Å². The molecule has 0 radical (unpaired) electrons. The lowest BCUT2D eigenvalue weighted by molar-refractivity contribution is 0.103. The van der Waals surface area contributed by atoms with Crippen LogP contribution in [0.3, 0.4) is 0 Å². The first-order chi connectivity index (χ1) is 14.3. The maximum atomic E-state index is 12.6. The zero-order chi connectivity index (χ0) is 21.5. The first-order valence-electron chi connectivity index (χ1n) is 9.31. The highest BCUT2D eigenvalue weighted by Crippen LogP contribution is 2.26. The number of carbonyl (C=O) groups is 1. The second-order valence-corrected chi connectivity index (χ2v) is 10.6. The van der Waals surface area contributed by atoms with E-state index >= 15 is 0 Å². The fraction of sp³-hybridized carbons (Fsp3) is 0.190. The van der Waals surface area contributed by atoms with Gasteiger partial charge in [-0.15, -0.1) is 11.3 Å². The molecule has 1 amide bonds. The second-order valence-electron chi connectivity index (χ2n) is 7.16. The molecule has 0 saturated heterocycles. The number of aromatic nitrogens is 3. The third-order valence-corrected chi connectivity index (χ3v) is 7.98. The van der Waals surface area contributed by atoms with Gasteiger partial charge in [-0.25, -0.2) is 18.4 Å². The van der Waals surface area contributed by atoms with Gasteiger partial charge < -0.3 is 10.3 Å². The van der Waals surface area contributed by atoms with Crippen molar-refractivity contribution in [3.63, 3.8) is 0 Å². The van der Waals surface area contributed by atoms with Crippen molar-refractivity contribution < 1.29 is 13.2 Å². The molecule has 1 aromatic carbocycles. The van der Waals surface area contributed by atoms with E-state index in [0.717, 1.165) is 11.1 Å². The van der Waals surface area contributed by atoms with Gasteiger partial charge in [0.15, 0.2) is 15.5 Å². The van der Waals surface area contributed by atoms with Crippen molar-refractivity contribution in [3.8, 4) is 11.3 Å². The van der Waals surface area contributed by atoms with Crippen LogP contribution in [0.25, 0.3) is 22.4 Å². The number of hydrogen-bond donors (Lipinski definition) is 2. The highest BCUT2D eigenvalue weighted by molar-refractivity contribution is 7.92. The number of rotatable bonds is 5. The van der Waals surface area contributed by atoms with Crippen molar-refractivity contribution in [2.24, 2.45) is 0 Å². The first-order valence-corrected chi connectivity index (χ1v) is 11.7. The monoisotopic (exact) mass is 440 g/mol. The molecule has 3 aromatic heterocycles. The lowest BCUT2D eigenvalue weighted by Gasteiger charge is -2.08. The van der Waals surface area contributed by atoms with Crippen molar-refractivity contribution in [1.82, 2.24) is 15.0 Å². The predicted molar refractivity (Wildman–Crippen MR) is 119 cm³/mol. The van der Waals surface area contributed by atoms with Gasteiger partial charge in [0, 0.05) is 11.8 Å². The van der Waals surface area contributed by atoms with E-state index in [-0.39, 0.29) is 10.8 Å². The summed E-state index contributed by atoms with van der Waals surface area (Å²) in [6, 6.07) is 8.48. The Bertz CT molecular complexity index is 1340. The standard InChI is InChI=1S/C21H20N4O3S2/c1-12(2)30(27,28)15-6-4-14(5-7-15)16-10-22-20-18(24-16)17(11-23-20)25-21(26)19-13(3)8-9-29-19/h4-12H,1-3H3,(H,22,23)(H,25,26). The summed E-state index contributed by atoms with van der Waals surface area (Å²) >= 11 is 1.38. The van der Waals surface area contributed by atoms with Crippen molar-refractivity contribution in [1.29, 1.82) is 0 Å². The van der Waals surface area contributed by atoms with Crippen molar-refractivity contribution in [2.75, 3.05) is 5.32 Å². The number of carbonyl (C=O) groups excluding carboxylic acids is 1. The molecule has 0 aliphatic rings. The highest BCUT2D eigenvalue weighted by Gasteiger charge is 2.19. The normalized spacial score (nSPS) is 11.9. The molecule has 4 rings (SSSR count). The molecule has 0 atom stereocenters. The van der Waals surface area contributed by atoms with E-state index in [1.165, 1.54) is 11.3 Å². The Morgan fingerprint density at radius 2 is 1.90 bits per heavy atom. The summed E-state index contributed by atoms with van der Waals surface area (Å²) in [6.07, 6.45) is 3.27. The molecule has 9 heteroatoms. The molecule has 0 unspecified atom stereocenters. The molecular formula is C21H20N4O3S2. The first kappa shape index (κ1) is 20.2. The van der Waals surface area contributed by atoms with Gasteiger partial charge in [0.2, 0.25) is 0 Å². The minimum absolute atomic E-state index is 0.196. The number of anilines is 1. The third-order valence-electron chi connectivity index (χ3n) is 4.80. The van der Waals surface area contributed by atoms with Crippen molar-refractivity contribution in [3.05, 3.63) is 58.5 Å². The lowest BCUT2D eigenvalue weighted by Crippen LogP contribution is -2.13. The van der Waals surface area contributed by atoms with Gasteiger partial charge in [-0.2, -0.15) is 0 Å². The minimum atomic E-state index is -3.33. The maximum absolute atomic E-state index is 12.6. The van der Waals surface area contributed by atoms with Crippen LogP contribution in [-0.4, -0.2) is 34.5 Å². The van der Waals surface area contributed by atoms with Crippen molar-refractivity contribution in [2.45, 2.75) is 30.9 Å². The van der Waals surface area contributed by atoms with Gasteiger partial charge >= 0.3 is 0 Å². The molecule has 154 valence electrons. The molecule has 0 aliphatic heterocycles. The molecule has 3 heterocycles. The number of nitrogens with one attached hydrogen (secondary N) is 2. The summed E-state index contributed by atoms with van der Waals surface area (Å²) in [7, 11) is -3.33. The van der Waals surface area contributed by atoms with Gasteiger partial charge in [-0.05, 0) is 49.9 Å². The highest BCUT2D eigenvalue weighted by atomic mass is 32.2. The number of fused-ring (bicyclic) bond motifs is 1. The smallest absolute Gasteiger partial charge is 0.266 e. The summed E-state index contributed by atoms with van der Waals surface area (Å²) in [5.41, 5.74) is 3.86. The molecular weight excluding hydrogens is 420 g/mol. The molecule has 0 fully saturated rings. The quantitative estimate of drug-likeness (QED) is 0.478. The van der Waals surface area contributed by atoms with Crippen LogP contribution in [0, 0.1) is 6.92 Å². The molecule has 0 bridgehead atoms. The van der Waals surface area contributed by atoms with Gasteiger partial charge in [-0.3, -0.25) is 4.79 Å². The van der Waals surface area contributed by atoms with E-state index in [1.54, 1.807) is 50.5 Å². The molecule has 2 N–H and O–H groups in total. The summed E-state index contributed by atoms with van der Waals surface area (Å²) in [5, 5.41) is 4.27. The summed E-state index contributed by atoms with van der Waals surface area (Å²) in [5.74, 6) is -0.196. The third kappa shape index (κ3) is 3.61. The van der Waals surface area contributed by atoms with Crippen LogP contribution in [0.15, 0.2) is 53.0 Å². The zero-order valence-corrected chi connectivity index (χ0v) is 18.3. The van der Waals surface area contributed by atoms with Gasteiger partial charge in [-0.1, -0.05) is 12.1 Å². The Hall–Kier alpha value is -3.04. The molecule has 4 aromatic rings. The number of amides is 1. The number of H-pyrrole nitrogens is 1. The topological polar surface area (TPSA) is 105 Å². The fourth-order valence-electron chi connectivity index (χ4n) is 3.00. The maximum Gasteiger partial charge on any atom is 0.266 e. The predicted octanol–water partition coefficient (Wildman–Crippen LogP) is 4.43. The number of benzene rings is 1. The molecule has 30 heavy (non-hydrogen) atoms. The van der Waals surface area contributed by atoms with E-state index in [4.69, 9.17) is 0 Å². The van der Waals surface area contributed by atoms with E-state index < -0.39 is 15.1 Å². The van der Waals surface area contributed by atoms with Gasteiger partial charge in [0.05, 0.1) is 32.6 Å². The van der Waals surface area contributed by atoms with Crippen LogP contribution >= 0.6 is 11.3 Å². The number of aromatic amines is 1. The average Bonchev–Trinajstić information content (AvgIpc) is 3.33. The molecule has 0 aliphatic carbocycles. The van der Waals surface area contributed by atoms with E-state index in [1.807, 2.05) is 18.4 Å². The minimum Gasteiger partial charge on any atom is -0.343 e. The van der Waals surface area contributed by atoms with E-state index in [9.17, 15) is 13.2 Å². The molecule has 7 nitrogen and oxygen atoms in total. The van der Waals surface area contributed by atoms with Crippen LogP contribution in [0.4, 0.5) is 5.69 Å². The Morgan fingerprint density at radius 3 is 2.53 bits per heavy atom. The second kappa shape index (κ2) is 7.66. The van der Waals surface area contributed by atoms with Crippen molar-refractivity contribution >= 4 is 43.9 Å². The van der Waals surface area contributed by atoms with E-state index in [2.05, 4.69) is 20.3 Å². The Kier molecular flexibility index (Phi) is 5.17. The summed E-state index contributed by atoms with van der Waals surface area (Å²) in [4.78, 5) is 25.5. The number of nitrogens with zero attached hydrogens (tertiary/aromatic N) is 2. The van der Waals surface area contributed by atoms with Crippen LogP contribution in [0.1, 0.15) is 29.1 Å². The number of sulfone groups is 1. The van der Waals surface area contributed by atoms with Gasteiger partial charge in [0.1, 0.15) is 5.52 Å². The Balaban J connectivity index is 1.66. The number of thiophene rings is 1. The molecule has 0 spiro atoms. The van der Waals surface area contributed by atoms with Crippen LogP contribution in [-0.2, 0) is 9.84 Å². The molecule has 0 saturated carbocycles. The Morgan fingerprint density at radius 1 is 1.17 bits per heavy atom. The van der Waals surface area contributed by atoms with Gasteiger partial charge in [0.25, 0.3) is 5.91 Å². The van der Waals surface area contributed by atoms with Crippen LogP contribution in [0.5, 0.6) is 0 Å². The fourth-order valence-corrected chi connectivity index (χ4v) is 4.88. The number of hydrogen-bond acceptors (Lipinski definition) is 6. The van der Waals surface area contributed by atoms with E-state index in [0.29, 0.717) is 27.4 Å². The summed E-state index contributed by atoms with van der Waals surface area (Å²) in [6.45, 7) is 5.20. The zero-order valence-electron chi connectivity index (χ0n) is 16.6. The van der Waals surface area contributed by atoms with Crippen LogP contribution in [0.2, 0.25) is 0 Å². The summed E-state index contributed by atoms with van der Waals surface area (Å²) < 4.78 is 24.6. The average molecular weight is 441 g/mol. The lowest BCUT2D eigenvalue weighted by atomic mass is 10.1. The largest absolute Gasteiger partial charge is 0.343 e. The van der Waals surface area contributed by atoms with Crippen LogP contribution < -0.4 is 5.32 Å². The number of aryl methyl sites for hydroxylation is 1. The SMILES string of the molecule is Cc1ccsc1C(=O)Nc1c[nH]c2ncc(-c3ccc(S(=O)(=O)C(C)C)cc3)nc12.